The predicted octanol–water partition coefficient (Wildman–Crippen LogP) is 5.87. The molecular formula is C22H32O4. The molecule has 0 aliphatic rings. The zero-order chi connectivity index (χ0) is 19.5. The first kappa shape index (κ1) is 21.8. The molecular weight excluding hydrogens is 328 g/mol. The minimum Gasteiger partial charge on any atom is -0.507 e. The van der Waals surface area contributed by atoms with Crippen LogP contribution in [0, 0.1) is 20.8 Å². The third-order valence-electron chi connectivity index (χ3n) is 4.52. The van der Waals surface area contributed by atoms with Crippen molar-refractivity contribution >= 4 is 5.97 Å². The summed E-state index contributed by atoms with van der Waals surface area (Å²) in [4.78, 5) is 11.3. The summed E-state index contributed by atoms with van der Waals surface area (Å²) in [5.41, 5.74) is 1.75. The van der Waals surface area contributed by atoms with Gasteiger partial charge in [-0.3, -0.25) is 0 Å². The molecule has 0 heterocycles. The van der Waals surface area contributed by atoms with E-state index in [1.165, 1.54) is 12.8 Å². The Morgan fingerprint density at radius 3 is 2.08 bits per heavy atom. The monoisotopic (exact) mass is 360 g/mol. The van der Waals surface area contributed by atoms with Gasteiger partial charge in [0.25, 0.3) is 0 Å². The summed E-state index contributed by atoms with van der Waals surface area (Å²) >= 11 is 0. The normalized spacial score (nSPS) is 11.5. The number of ether oxygens (including phenoxy) is 1. The average molecular weight is 360 g/mol. The third-order valence-corrected chi connectivity index (χ3v) is 4.52. The summed E-state index contributed by atoms with van der Waals surface area (Å²) in [5, 5.41) is 19.4. The van der Waals surface area contributed by atoms with Crippen LogP contribution in [0.4, 0.5) is 0 Å². The molecule has 0 fully saturated rings. The fraction of sp³-hybridized carbons (Fsp3) is 0.500. The molecule has 0 atom stereocenters. The van der Waals surface area contributed by atoms with Gasteiger partial charge in [-0.25, -0.2) is 4.79 Å². The molecule has 0 aliphatic heterocycles. The number of allylic oxidation sites excluding steroid dienone is 3. The highest BCUT2D eigenvalue weighted by Gasteiger charge is 2.22. The van der Waals surface area contributed by atoms with Crippen LogP contribution in [-0.4, -0.2) is 22.8 Å². The number of phenols is 1. The van der Waals surface area contributed by atoms with E-state index < -0.39 is 5.97 Å². The van der Waals surface area contributed by atoms with Crippen molar-refractivity contribution in [2.45, 2.75) is 66.2 Å². The maximum Gasteiger partial charge on any atom is 0.339 e. The molecule has 0 amide bonds. The Balaban J connectivity index is 2.48. The van der Waals surface area contributed by atoms with Crippen molar-refractivity contribution in [3.8, 4) is 11.5 Å². The first-order valence-corrected chi connectivity index (χ1v) is 9.40. The number of carboxylic acids is 1. The summed E-state index contributed by atoms with van der Waals surface area (Å²) in [7, 11) is 0. The number of hydrogen-bond donors (Lipinski definition) is 2. The van der Waals surface area contributed by atoms with Gasteiger partial charge in [-0.15, -0.1) is 0 Å². The van der Waals surface area contributed by atoms with E-state index in [4.69, 9.17) is 4.74 Å². The minimum atomic E-state index is -1.12. The lowest BCUT2D eigenvalue weighted by Crippen LogP contribution is -2.07. The van der Waals surface area contributed by atoms with Crippen LogP contribution in [0.5, 0.6) is 11.5 Å². The number of carboxylic acid groups (broad SMARTS) is 1. The topological polar surface area (TPSA) is 66.8 Å². The maximum absolute atomic E-state index is 11.3. The van der Waals surface area contributed by atoms with Gasteiger partial charge < -0.3 is 14.9 Å². The Morgan fingerprint density at radius 2 is 1.50 bits per heavy atom. The summed E-state index contributed by atoms with van der Waals surface area (Å²) in [6, 6.07) is 0. The van der Waals surface area contributed by atoms with Crippen molar-refractivity contribution in [3.05, 3.63) is 46.6 Å². The largest absolute Gasteiger partial charge is 0.507 e. The highest BCUT2D eigenvalue weighted by molar-refractivity contribution is 5.94. The summed E-state index contributed by atoms with van der Waals surface area (Å²) < 4.78 is 5.82. The number of aromatic hydroxyl groups is 1. The van der Waals surface area contributed by atoms with Crippen molar-refractivity contribution in [2.75, 3.05) is 6.61 Å². The molecule has 0 bridgehead atoms. The Bertz CT molecular complexity index is 628. The molecule has 1 aromatic rings. The molecule has 1 aromatic carbocycles. The van der Waals surface area contributed by atoms with Crippen LogP contribution in [0.1, 0.15) is 72.5 Å². The van der Waals surface area contributed by atoms with Crippen LogP contribution in [0.25, 0.3) is 0 Å². The summed E-state index contributed by atoms with van der Waals surface area (Å²) in [6.07, 6.45) is 15.3. The Labute approximate surface area is 157 Å². The van der Waals surface area contributed by atoms with Gasteiger partial charge in [-0.1, -0.05) is 31.2 Å². The van der Waals surface area contributed by atoms with Crippen molar-refractivity contribution < 1.29 is 19.7 Å². The number of aromatic carboxylic acids is 1. The molecule has 0 saturated heterocycles. The van der Waals surface area contributed by atoms with Gasteiger partial charge in [0.2, 0.25) is 0 Å². The van der Waals surface area contributed by atoms with Gasteiger partial charge in [0, 0.05) is 5.56 Å². The molecule has 0 aromatic heterocycles. The lowest BCUT2D eigenvalue weighted by molar-refractivity contribution is 0.0692. The van der Waals surface area contributed by atoms with Crippen molar-refractivity contribution in [1.82, 2.24) is 0 Å². The molecule has 26 heavy (non-hydrogen) atoms. The van der Waals surface area contributed by atoms with Gasteiger partial charge >= 0.3 is 5.97 Å². The number of rotatable bonds is 11. The van der Waals surface area contributed by atoms with Crippen LogP contribution in [0.15, 0.2) is 24.3 Å². The van der Waals surface area contributed by atoms with E-state index in [1.54, 1.807) is 13.8 Å². The SMILES string of the molecule is CC/C=C\CCCC/C=C/CCOc1c(C)c(C)c(C(=O)O)c(O)c1C. The zero-order valence-corrected chi connectivity index (χ0v) is 16.5. The zero-order valence-electron chi connectivity index (χ0n) is 16.5. The van der Waals surface area contributed by atoms with Gasteiger partial charge in [-0.05, 0) is 70.4 Å². The fourth-order valence-corrected chi connectivity index (χ4v) is 2.86. The summed E-state index contributed by atoms with van der Waals surface area (Å²) in [5.74, 6) is -0.741. The highest BCUT2D eigenvalue weighted by atomic mass is 16.5. The predicted molar refractivity (Wildman–Crippen MR) is 106 cm³/mol. The Kier molecular flexibility index (Phi) is 9.56. The van der Waals surface area contributed by atoms with E-state index in [9.17, 15) is 15.0 Å². The van der Waals surface area contributed by atoms with Crippen LogP contribution >= 0.6 is 0 Å². The maximum atomic E-state index is 11.3. The van der Waals surface area contributed by atoms with E-state index in [2.05, 4.69) is 31.2 Å². The van der Waals surface area contributed by atoms with Gasteiger partial charge in [-0.2, -0.15) is 0 Å². The lowest BCUT2D eigenvalue weighted by atomic mass is 9.97. The van der Waals surface area contributed by atoms with Gasteiger partial charge in [0.15, 0.2) is 0 Å². The third kappa shape index (κ3) is 6.25. The fourth-order valence-electron chi connectivity index (χ4n) is 2.86. The Morgan fingerprint density at radius 1 is 0.923 bits per heavy atom. The molecule has 0 spiro atoms. The number of benzene rings is 1. The van der Waals surface area contributed by atoms with Crippen molar-refractivity contribution in [1.29, 1.82) is 0 Å². The Hall–Kier alpha value is -2.23. The molecule has 0 radical (unpaired) electrons. The first-order chi connectivity index (χ1) is 12.4. The quantitative estimate of drug-likeness (QED) is 0.383. The molecule has 0 aliphatic carbocycles. The second kappa shape index (κ2) is 11.4. The first-order valence-electron chi connectivity index (χ1n) is 9.40. The number of hydrogen-bond acceptors (Lipinski definition) is 3. The number of carbonyl (C=O) groups is 1. The standard InChI is InChI=1S/C22H32O4/c1-5-6-7-8-9-10-11-12-13-14-15-26-21-17(3)16(2)19(22(24)25)20(23)18(21)4/h6-7,12-13,23H,5,8-11,14-15H2,1-4H3,(H,24,25)/b7-6-,13-12+. The molecule has 144 valence electrons. The summed E-state index contributed by atoms with van der Waals surface area (Å²) in [6.45, 7) is 7.86. The number of unbranched alkanes of at least 4 members (excludes halogenated alkanes) is 3. The van der Waals surface area contributed by atoms with E-state index in [1.807, 2.05) is 6.92 Å². The molecule has 4 heteroatoms. The van der Waals surface area contributed by atoms with E-state index in [-0.39, 0.29) is 11.3 Å². The van der Waals surface area contributed by atoms with E-state index in [0.717, 1.165) is 31.2 Å². The van der Waals surface area contributed by atoms with Crippen LogP contribution in [0.2, 0.25) is 0 Å². The van der Waals surface area contributed by atoms with Gasteiger partial charge in [0.1, 0.15) is 17.1 Å². The van der Waals surface area contributed by atoms with Gasteiger partial charge in [0.05, 0.1) is 6.61 Å². The molecule has 0 saturated carbocycles. The van der Waals surface area contributed by atoms with Crippen LogP contribution in [-0.2, 0) is 0 Å². The molecule has 0 unspecified atom stereocenters. The van der Waals surface area contributed by atoms with Crippen LogP contribution in [0.3, 0.4) is 0 Å². The van der Waals surface area contributed by atoms with E-state index >= 15 is 0 Å². The minimum absolute atomic E-state index is 0.0407. The second-order valence-electron chi connectivity index (χ2n) is 6.51. The lowest BCUT2D eigenvalue weighted by Gasteiger charge is -2.17. The van der Waals surface area contributed by atoms with Crippen LogP contribution < -0.4 is 4.74 Å². The molecule has 2 N–H and O–H groups in total. The van der Waals surface area contributed by atoms with E-state index in [0.29, 0.717) is 23.5 Å². The van der Waals surface area contributed by atoms with Crippen molar-refractivity contribution in [3.63, 3.8) is 0 Å². The molecule has 1 rings (SSSR count). The smallest absolute Gasteiger partial charge is 0.339 e. The molecule has 4 nitrogen and oxygen atoms in total. The highest BCUT2D eigenvalue weighted by Crippen LogP contribution is 2.37. The van der Waals surface area contributed by atoms with Crippen molar-refractivity contribution in [2.24, 2.45) is 0 Å². The average Bonchev–Trinajstić information content (AvgIpc) is 2.60. The second-order valence-corrected chi connectivity index (χ2v) is 6.51.